The van der Waals surface area contributed by atoms with Crippen LogP contribution in [0, 0.1) is 5.82 Å². The van der Waals surface area contributed by atoms with Crippen LogP contribution in [-0.4, -0.2) is 51.2 Å². The molecule has 2 aromatic carbocycles. The average molecular weight is 380 g/mol. The number of rotatable bonds is 3. The van der Waals surface area contributed by atoms with Gasteiger partial charge in [-0.3, -0.25) is 14.4 Å². The highest BCUT2D eigenvalue weighted by Crippen LogP contribution is 2.13. The summed E-state index contributed by atoms with van der Waals surface area (Å²) in [5.74, 6) is -1.12. The number of aromatic nitrogens is 2. The van der Waals surface area contributed by atoms with E-state index in [1.54, 1.807) is 41.3 Å². The van der Waals surface area contributed by atoms with Crippen molar-refractivity contribution < 1.29 is 14.0 Å². The molecule has 1 saturated heterocycles. The number of aromatic amines is 1. The van der Waals surface area contributed by atoms with E-state index in [0.29, 0.717) is 30.5 Å². The van der Waals surface area contributed by atoms with Gasteiger partial charge < -0.3 is 14.8 Å². The molecule has 0 radical (unpaired) electrons. The monoisotopic (exact) mass is 380 g/mol. The van der Waals surface area contributed by atoms with Gasteiger partial charge in [0.15, 0.2) is 5.82 Å². The molecule has 1 aliphatic heterocycles. The van der Waals surface area contributed by atoms with Gasteiger partial charge in [0, 0.05) is 19.6 Å². The maximum Gasteiger partial charge on any atom is 0.290 e. The molecule has 0 saturated carbocycles. The van der Waals surface area contributed by atoms with Crippen LogP contribution in [0.15, 0.2) is 53.3 Å². The Morgan fingerprint density at radius 2 is 1.82 bits per heavy atom. The van der Waals surface area contributed by atoms with Crippen LogP contribution in [-0.2, 0) is 11.3 Å². The predicted molar refractivity (Wildman–Crippen MR) is 100 cm³/mol. The minimum Gasteiger partial charge on any atom is -0.335 e. The minimum atomic E-state index is -0.488. The highest BCUT2D eigenvalue weighted by Gasteiger charge is 2.29. The first-order valence-corrected chi connectivity index (χ1v) is 8.82. The molecule has 28 heavy (non-hydrogen) atoms. The Kier molecular flexibility index (Phi) is 4.60. The number of carbonyl (C=O) groups is 2. The van der Waals surface area contributed by atoms with Gasteiger partial charge in [-0.25, -0.2) is 9.37 Å². The van der Waals surface area contributed by atoms with Crippen LogP contribution in [0.1, 0.15) is 16.2 Å². The van der Waals surface area contributed by atoms with Gasteiger partial charge in [-0.15, -0.1) is 0 Å². The largest absolute Gasteiger partial charge is 0.335 e. The van der Waals surface area contributed by atoms with Crippen molar-refractivity contribution in [3.8, 4) is 0 Å². The molecule has 1 aliphatic rings. The zero-order chi connectivity index (χ0) is 19.7. The van der Waals surface area contributed by atoms with Crippen LogP contribution in [0.2, 0.25) is 0 Å². The summed E-state index contributed by atoms with van der Waals surface area (Å²) in [6.45, 7) is 0.921. The van der Waals surface area contributed by atoms with Gasteiger partial charge >= 0.3 is 0 Å². The molecular formula is C20H17FN4O3. The highest BCUT2D eigenvalue weighted by molar-refractivity contribution is 5.95. The van der Waals surface area contributed by atoms with Crippen LogP contribution in [0.3, 0.4) is 0 Å². The third-order valence-corrected chi connectivity index (χ3v) is 4.71. The number of H-pyrrole nitrogens is 1. The van der Waals surface area contributed by atoms with Gasteiger partial charge in [0.2, 0.25) is 5.91 Å². The molecule has 0 aliphatic carbocycles. The number of piperazine rings is 1. The molecule has 4 rings (SSSR count). The second-order valence-electron chi connectivity index (χ2n) is 6.60. The molecule has 1 N–H and O–H groups in total. The summed E-state index contributed by atoms with van der Waals surface area (Å²) in [7, 11) is 0. The Labute approximate surface area is 159 Å². The summed E-state index contributed by atoms with van der Waals surface area (Å²) in [6, 6.07) is 12.7. The third kappa shape index (κ3) is 3.48. The molecule has 0 atom stereocenters. The zero-order valence-electron chi connectivity index (χ0n) is 14.9. The van der Waals surface area contributed by atoms with E-state index < -0.39 is 11.5 Å². The molecular weight excluding hydrogens is 363 g/mol. The van der Waals surface area contributed by atoms with E-state index in [1.807, 2.05) is 0 Å². The smallest absolute Gasteiger partial charge is 0.290 e. The topological polar surface area (TPSA) is 86.4 Å². The predicted octanol–water partition coefficient (Wildman–Crippen LogP) is 1.55. The highest BCUT2D eigenvalue weighted by atomic mass is 19.1. The van der Waals surface area contributed by atoms with Crippen LogP contribution in [0.4, 0.5) is 4.39 Å². The van der Waals surface area contributed by atoms with E-state index in [9.17, 15) is 18.8 Å². The SMILES string of the molecule is O=C1CN(C(=O)c2nc3ccccc3c(=O)[nH]2)CCN1Cc1ccc(F)cc1. The molecule has 142 valence electrons. The fraction of sp³-hybridized carbons (Fsp3) is 0.200. The van der Waals surface area contributed by atoms with Crippen molar-refractivity contribution in [3.05, 3.63) is 76.1 Å². The van der Waals surface area contributed by atoms with Gasteiger partial charge in [0.05, 0.1) is 10.9 Å². The molecule has 3 aromatic rings. The molecule has 1 aromatic heterocycles. The van der Waals surface area contributed by atoms with Crippen LogP contribution < -0.4 is 5.56 Å². The number of nitrogens with one attached hydrogen (secondary N) is 1. The molecule has 8 heteroatoms. The fourth-order valence-electron chi connectivity index (χ4n) is 3.20. The van der Waals surface area contributed by atoms with Crippen molar-refractivity contribution in [1.82, 2.24) is 19.8 Å². The maximum absolute atomic E-state index is 13.0. The number of carbonyl (C=O) groups excluding carboxylic acids is 2. The summed E-state index contributed by atoms with van der Waals surface area (Å²) >= 11 is 0. The van der Waals surface area contributed by atoms with E-state index in [2.05, 4.69) is 9.97 Å². The summed E-state index contributed by atoms with van der Waals surface area (Å²) in [5.41, 5.74) is 0.848. The molecule has 0 unspecified atom stereocenters. The maximum atomic E-state index is 13.0. The van der Waals surface area contributed by atoms with Crippen molar-refractivity contribution in [2.24, 2.45) is 0 Å². The lowest BCUT2D eigenvalue weighted by Crippen LogP contribution is -2.52. The summed E-state index contributed by atoms with van der Waals surface area (Å²) in [5, 5.41) is 0.402. The Balaban J connectivity index is 1.48. The van der Waals surface area contributed by atoms with Crippen molar-refractivity contribution in [2.75, 3.05) is 19.6 Å². The van der Waals surface area contributed by atoms with E-state index >= 15 is 0 Å². The lowest BCUT2D eigenvalue weighted by atomic mass is 10.2. The van der Waals surface area contributed by atoms with Crippen LogP contribution in [0.5, 0.6) is 0 Å². The summed E-state index contributed by atoms with van der Waals surface area (Å²) in [4.78, 5) is 47.1. The molecule has 0 bridgehead atoms. The van der Waals surface area contributed by atoms with Crippen LogP contribution >= 0.6 is 0 Å². The minimum absolute atomic E-state index is 0.0801. The second kappa shape index (κ2) is 7.22. The van der Waals surface area contributed by atoms with Crippen molar-refractivity contribution in [1.29, 1.82) is 0 Å². The number of hydrogen-bond acceptors (Lipinski definition) is 4. The number of fused-ring (bicyclic) bond motifs is 1. The quantitative estimate of drug-likeness (QED) is 0.747. The number of amides is 2. The summed E-state index contributed by atoms with van der Waals surface area (Å²) in [6.07, 6.45) is 0. The first-order valence-electron chi connectivity index (χ1n) is 8.82. The molecule has 2 amide bonds. The molecule has 7 nitrogen and oxygen atoms in total. The number of benzene rings is 2. The Morgan fingerprint density at radius 1 is 1.07 bits per heavy atom. The van der Waals surface area contributed by atoms with Gasteiger partial charge in [0.1, 0.15) is 12.4 Å². The molecule has 0 spiro atoms. The Hall–Kier alpha value is -3.55. The third-order valence-electron chi connectivity index (χ3n) is 4.71. The van der Waals surface area contributed by atoms with Crippen molar-refractivity contribution >= 4 is 22.7 Å². The number of para-hydroxylation sites is 1. The molecule has 1 fully saturated rings. The van der Waals surface area contributed by atoms with Crippen molar-refractivity contribution in [2.45, 2.75) is 6.54 Å². The lowest BCUT2D eigenvalue weighted by molar-refractivity contribution is -0.135. The Bertz CT molecular complexity index is 1110. The Morgan fingerprint density at radius 3 is 2.57 bits per heavy atom. The first kappa shape index (κ1) is 17.8. The van der Waals surface area contributed by atoms with E-state index in [1.165, 1.54) is 17.0 Å². The number of halogens is 1. The van der Waals surface area contributed by atoms with E-state index in [4.69, 9.17) is 0 Å². The van der Waals surface area contributed by atoms with Gasteiger partial charge in [0.25, 0.3) is 11.5 Å². The van der Waals surface area contributed by atoms with Crippen molar-refractivity contribution in [3.63, 3.8) is 0 Å². The summed E-state index contributed by atoms with van der Waals surface area (Å²) < 4.78 is 13.0. The number of nitrogens with zero attached hydrogens (tertiary/aromatic N) is 3. The average Bonchev–Trinajstić information content (AvgIpc) is 2.70. The zero-order valence-corrected chi connectivity index (χ0v) is 14.9. The van der Waals surface area contributed by atoms with Gasteiger partial charge in [-0.05, 0) is 29.8 Å². The second-order valence-corrected chi connectivity index (χ2v) is 6.60. The number of hydrogen-bond donors (Lipinski definition) is 1. The van der Waals surface area contributed by atoms with E-state index in [0.717, 1.165) is 5.56 Å². The fourth-order valence-corrected chi connectivity index (χ4v) is 3.20. The lowest BCUT2D eigenvalue weighted by Gasteiger charge is -2.34. The molecule has 2 heterocycles. The standard InChI is InChI=1S/C20H17FN4O3/c21-14-7-5-13(6-8-14)11-24-9-10-25(12-17(24)26)20(28)18-22-16-4-2-1-3-15(16)19(27)23-18/h1-8H,9-12H2,(H,22,23,27). The van der Waals surface area contributed by atoms with Gasteiger partial charge in [-0.1, -0.05) is 24.3 Å². The van der Waals surface area contributed by atoms with Gasteiger partial charge in [-0.2, -0.15) is 0 Å². The van der Waals surface area contributed by atoms with Crippen LogP contribution in [0.25, 0.3) is 10.9 Å². The first-order chi connectivity index (χ1) is 13.5. The normalized spacial score (nSPS) is 14.5. The van der Waals surface area contributed by atoms with E-state index in [-0.39, 0.29) is 24.1 Å².